The van der Waals surface area contributed by atoms with E-state index in [0.29, 0.717) is 18.4 Å². The van der Waals surface area contributed by atoms with Crippen LogP contribution in [0, 0.1) is 17.8 Å². The van der Waals surface area contributed by atoms with E-state index in [4.69, 9.17) is 4.74 Å². The molecule has 3 atom stereocenters. The summed E-state index contributed by atoms with van der Waals surface area (Å²) in [6.45, 7) is 6.67. The van der Waals surface area contributed by atoms with Crippen LogP contribution < -0.4 is 0 Å². The Bertz CT molecular complexity index is 208. The van der Waals surface area contributed by atoms with E-state index in [9.17, 15) is 4.79 Å². The molecule has 0 amide bonds. The fourth-order valence-electron chi connectivity index (χ4n) is 2.08. The smallest absolute Gasteiger partial charge is 0.308 e. The summed E-state index contributed by atoms with van der Waals surface area (Å²) in [6.07, 6.45) is 5.24. The molecule has 3 unspecified atom stereocenters. The summed E-state index contributed by atoms with van der Waals surface area (Å²) in [5, 5.41) is 0. The highest BCUT2D eigenvalue weighted by Crippen LogP contribution is 2.31. The maximum absolute atomic E-state index is 11.3. The molecule has 2 nitrogen and oxygen atoms in total. The van der Waals surface area contributed by atoms with Crippen molar-refractivity contribution >= 4 is 5.97 Å². The molecule has 0 bridgehead atoms. The number of carbonyl (C=O) groups excluding carboxylic acids is 1. The van der Waals surface area contributed by atoms with E-state index >= 15 is 0 Å². The summed E-state index contributed by atoms with van der Waals surface area (Å²) in [5.41, 5.74) is 0. The molecule has 0 spiro atoms. The van der Waals surface area contributed by atoms with Crippen molar-refractivity contribution in [2.45, 2.75) is 27.2 Å². The predicted molar refractivity (Wildman–Crippen MR) is 52.2 cm³/mol. The molecule has 0 aromatic carbocycles. The normalized spacial score (nSPS) is 35.0. The lowest BCUT2D eigenvalue weighted by molar-refractivity contribution is -0.158. The highest BCUT2D eigenvalue weighted by atomic mass is 16.5. The van der Waals surface area contributed by atoms with Gasteiger partial charge in [0.05, 0.1) is 12.5 Å². The molecule has 13 heavy (non-hydrogen) atoms. The number of cyclic esters (lactones) is 1. The summed E-state index contributed by atoms with van der Waals surface area (Å²) >= 11 is 0. The number of hydrogen-bond acceptors (Lipinski definition) is 2. The fourth-order valence-corrected chi connectivity index (χ4v) is 2.08. The monoisotopic (exact) mass is 182 g/mol. The number of rotatable bonds is 2. The standard InChI is InChI=1S/C11H18O2/c1-4-6-9-7-13-11(12)8(3)10(9)5-2/h4,6,8-10H,5,7H2,1-3H3/b6-4+. The van der Waals surface area contributed by atoms with E-state index in [1.165, 1.54) is 0 Å². The quantitative estimate of drug-likeness (QED) is 0.484. The maximum Gasteiger partial charge on any atom is 0.308 e. The van der Waals surface area contributed by atoms with Crippen molar-refractivity contribution in [2.24, 2.45) is 17.8 Å². The second-order valence-electron chi connectivity index (χ2n) is 3.68. The minimum atomic E-state index is -0.0346. The van der Waals surface area contributed by atoms with E-state index in [0.717, 1.165) is 6.42 Å². The van der Waals surface area contributed by atoms with E-state index < -0.39 is 0 Å². The molecule has 1 rings (SSSR count). The molecular weight excluding hydrogens is 164 g/mol. The average Bonchev–Trinajstić information content (AvgIpc) is 2.12. The second kappa shape index (κ2) is 4.45. The molecule has 1 aliphatic heterocycles. The Hall–Kier alpha value is -0.790. The van der Waals surface area contributed by atoms with Crippen molar-refractivity contribution in [3.63, 3.8) is 0 Å². The van der Waals surface area contributed by atoms with Crippen LogP contribution in [0.4, 0.5) is 0 Å². The van der Waals surface area contributed by atoms with Crippen LogP contribution in [-0.2, 0) is 9.53 Å². The average molecular weight is 182 g/mol. The lowest BCUT2D eigenvalue weighted by Crippen LogP contribution is -2.36. The minimum Gasteiger partial charge on any atom is -0.465 e. The summed E-state index contributed by atoms with van der Waals surface area (Å²) in [7, 11) is 0. The zero-order chi connectivity index (χ0) is 9.84. The lowest BCUT2D eigenvalue weighted by atomic mass is 9.79. The Morgan fingerprint density at radius 3 is 2.85 bits per heavy atom. The zero-order valence-corrected chi connectivity index (χ0v) is 8.62. The Morgan fingerprint density at radius 2 is 2.31 bits per heavy atom. The van der Waals surface area contributed by atoms with Crippen molar-refractivity contribution in [3.05, 3.63) is 12.2 Å². The van der Waals surface area contributed by atoms with Gasteiger partial charge in [0.2, 0.25) is 0 Å². The van der Waals surface area contributed by atoms with Gasteiger partial charge in [0.1, 0.15) is 0 Å². The fraction of sp³-hybridized carbons (Fsp3) is 0.727. The molecule has 2 heteroatoms. The summed E-state index contributed by atoms with van der Waals surface area (Å²) in [6, 6.07) is 0. The molecule has 1 heterocycles. The third-order valence-corrected chi connectivity index (χ3v) is 2.89. The van der Waals surface area contributed by atoms with Gasteiger partial charge in [-0.2, -0.15) is 0 Å². The van der Waals surface area contributed by atoms with Crippen molar-refractivity contribution in [2.75, 3.05) is 6.61 Å². The van der Waals surface area contributed by atoms with Gasteiger partial charge in [0.15, 0.2) is 0 Å². The second-order valence-corrected chi connectivity index (χ2v) is 3.68. The van der Waals surface area contributed by atoms with Crippen LogP contribution in [0.1, 0.15) is 27.2 Å². The first-order valence-corrected chi connectivity index (χ1v) is 5.00. The number of allylic oxidation sites excluding steroid dienone is 1. The van der Waals surface area contributed by atoms with E-state index in [1.807, 2.05) is 19.9 Å². The van der Waals surface area contributed by atoms with Crippen LogP contribution in [0.5, 0.6) is 0 Å². The van der Waals surface area contributed by atoms with Crippen molar-refractivity contribution < 1.29 is 9.53 Å². The zero-order valence-electron chi connectivity index (χ0n) is 8.62. The van der Waals surface area contributed by atoms with Gasteiger partial charge in [0, 0.05) is 5.92 Å². The van der Waals surface area contributed by atoms with E-state index in [1.54, 1.807) is 0 Å². The van der Waals surface area contributed by atoms with E-state index in [-0.39, 0.29) is 11.9 Å². The maximum atomic E-state index is 11.3. The third kappa shape index (κ3) is 2.11. The lowest BCUT2D eigenvalue weighted by Gasteiger charge is -2.32. The Kier molecular flexibility index (Phi) is 3.52. The first-order valence-electron chi connectivity index (χ1n) is 5.00. The van der Waals surface area contributed by atoms with Gasteiger partial charge in [-0.3, -0.25) is 4.79 Å². The Morgan fingerprint density at radius 1 is 1.62 bits per heavy atom. The summed E-state index contributed by atoms with van der Waals surface area (Å²) < 4.78 is 5.10. The van der Waals surface area contributed by atoms with Gasteiger partial charge in [-0.1, -0.05) is 32.4 Å². The molecule has 0 aromatic heterocycles. The molecule has 1 fully saturated rings. The topological polar surface area (TPSA) is 26.3 Å². The van der Waals surface area contributed by atoms with Gasteiger partial charge < -0.3 is 4.74 Å². The highest BCUT2D eigenvalue weighted by Gasteiger charge is 2.34. The van der Waals surface area contributed by atoms with Crippen molar-refractivity contribution in [3.8, 4) is 0 Å². The van der Waals surface area contributed by atoms with Crippen LogP contribution >= 0.6 is 0 Å². The molecule has 1 saturated heterocycles. The van der Waals surface area contributed by atoms with Gasteiger partial charge in [0.25, 0.3) is 0 Å². The van der Waals surface area contributed by atoms with Crippen LogP contribution in [0.25, 0.3) is 0 Å². The molecular formula is C11H18O2. The number of carbonyl (C=O) groups is 1. The summed E-state index contributed by atoms with van der Waals surface area (Å²) in [4.78, 5) is 11.3. The highest BCUT2D eigenvalue weighted by molar-refractivity contribution is 5.73. The van der Waals surface area contributed by atoms with Gasteiger partial charge in [-0.15, -0.1) is 0 Å². The number of hydrogen-bond donors (Lipinski definition) is 0. The first-order chi connectivity index (χ1) is 6.20. The largest absolute Gasteiger partial charge is 0.465 e. The Labute approximate surface area is 80.0 Å². The van der Waals surface area contributed by atoms with Crippen LogP contribution in [-0.4, -0.2) is 12.6 Å². The molecule has 74 valence electrons. The SMILES string of the molecule is C/C=C/C1COC(=O)C(C)C1CC. The molecule has 0 N–H and O–H groups in total. The van der Waals surface area contributed by atoms with Crippen LogP contribution in [0.3, 0.4) is 0 Å². The Balaban J connectivity index is 2.71. The summed E-state index contributed by atoms with van der Waals surface area (Å²) in [5.74, 6) is 0.896. The number of ether oxygens (including phenoxy) is 1. The molecule has 0 aliphatic carbocycles. The molecule has 0 saturated carbocycles. The van der Waals surface area contributed by atoms with Crippen molar-refractivity contribution in [1.29, 1.82) is 0 Å². The van der Waals surface area contributed by atoms with Gasteiger partial charge >= 0.3 is 5.97 Å². The van der Waals surface area contributed by atoms with Crippen LogP contribution in [0.2, 0.25) is 0 Å². The third-order valence-electron chi connectivity index (χ3n) is 2.89. The van der Waals surface area contributed by atoms with Gasteiger partial charge in [-0.25, -0.2) is 0 Å². The molecule has 1 aliphatic rings. The minimum absolute atomic E-state index is 0.0346. The van der Waals surface area contributed by atoms with Crippen LogP contribution in [0.15, 0.2) is 12.2 Å². The number of esters is 1. The van der Waals surface area contributed by atoms with Gasteiger partial charge in [-0.05, 0) is 12.8 Å². The first kappa shape index (κ1) is 10.3. The predicted octanol–water partition coefficient (Wildman–Crippen LogP) is 2.40. The van der Waals surface area contributed by atoms with Crippen molar-refractivity contribution in [1.82, 2.24) is 0 Å². The molecule has 0 aromatic rings. The molecule has 0 radical (unpaired) electrons. The van der Waals surface area contributed by atoms with E-state index in [2.05, 4.69) is 13.0 Å².